The minimum atomic E-state index is -4.26. The van der Waals surface area contributed by atoms with Crippen LogP contribution in [0.15, 0.2) is 102 Å². The Labute approximate surface area is 274 Å². The summed E-state index contributed by atoms with van der Waals surface area (Å²) in [6, 6.07) is 28.1. The van der Waals surface area contributed by atoms with Gasteiger partial charge in [0.25, 0.3) is 0 Å². The molecular weight excluding hydrogens is 614 g/mol. The fraction of sp³-hybridized carbons (Fsp3) is 0.216. The van der Waals surface area contributed by atoms with Gasteiger partial charge in [-0.1, -0.05) is 81.3 Å². The van der Waals surface area contributed by atoms with E-state index in [9.17, 15) is 23.8 Å². The molecule has 47 heavy (non-hydrogen) atoms. The van der Waals surface area contributed by atoms with Gasteiger partial charge >= 0.3 is 16.1 Å². The minimum absolute atomic E-state index is 0.142. The molecule has 9 nitrogen and oxygen atoms in total. The number of aromatic carboxylic acids is 1. The Morgan fingerprint density at radius 1 is 0.830 bits per heavy atom. The lowest BCUT2D eigenvalue weighted by molar-refractivity contribution is 0.0693. The van der Waals surface area contributed by atoms with E-state index in [0.717, 1.165) is 83.5 Å². The minimum Gasteiger partial charge on any atom is -0.507 e. The number of nitrogens with zero attached hydrogens (tertiary/aromatic N) is 2. The highest BCUT2D eigenvalue weighted by atomic mass is 32.2. The van der Waals surface area contributed by atoms with Gasteiger partial charge < -0.3 is 25.2 Å². The molecule has 0 amide bonds. The predicted octanol–water partition coefficient (Wildman–Crippen LogP) is 9.30. The number of rotatable bonds is 10. The number of carboxylic acid groups (broad SMARTS) is 1. The number of phenols is 1. The van der Waals surface area contributed by atoms with Gasteiger partial charge in [-0.05, 0) is 66.5 Å². The molecule has 0 radical (unpaired) electrons. The Balaban J connectivity index is 0.000000238. The SMILES string of the molecule is CCCCc1cc2ccccc2c(S(=O)(=O)Oc2ccc(C(=O)O)c(O)c2)c1CCCC.[N-]=[N+]1c2ccccc2Nc2ccccc21. The van der Waals surface area contributed by atoms with Crippen molar-refractivity contribution in [3.63, 3.8) is 0 Å². The largest absolute Gasteiger partial charge is 0.507 e. The normalized spacial score (nSPS) is 11.9. The molecule has 1 heterocycles. The molecule has 0 unspecified atom stereocenters. The van der Waals surface area contributed by atoms with Crippen LogP contribution >= 0.6 is 0 Å². The van der Waals surface area contributed by atoms with E-state index in [1.807, 2.05) is 60.7 Å². The van der Waals surface area contributed by atoms with Crippen molar-refractivity contribution < 1.29 is 27.6 Å². The number of para-hydroxylation sites is 4. The first-order valence-electron chi connectivity index (χ1n) is 15.6. The molecule has 1 aliphatic heterocycles. The van der Waals surface area contributed by atoms with E-state index in [0.29, 0.717) is 11.8 Å². The molecule has 0 bridgehead atoms. The van der Waals surface area contributed by atoms with Gasteiger partial charge in [0.2, 0.25) is 11.4 Å². The fourth-order valence-corrected chi connectivity index (χ4v) is 7.06. The number of nitrogens with one attached hydrogen (secondary N) is 1. The number of anilines is 2. The van der Waals surface area contributed by atoms with E-state index in [-0.39, 0.29) is 16.2 Å². The van der Waals surface area contributed by atoms with E-state index in [4.69, 9.17) is 9.29 Å². The predicted molar refractivity (Wildman–Crippen MR) is 185 cm³/mol. The molecule has 1 aliphatic rings. The number of benzene rings is 5. The second-order valence-electron chi connectivity index (χ2n) is 11.3. The van der Waals surface area contributed by atoms with Gasteiger partial charge in [0.05, 0.1) is 0 Å². The first-order chi connectivity index (χ1) is 22.6. The van der Waals surface area contributed by atoms with Gasteiger partial charge in [0.1, 0.15) is 33.3 Å². The van der Waals surface area contributed by atoms with Crippen molar-refractivity contribution in [2.24, 2.45) is 0 Å². The summed E-state index contributed by atoms with van der Waals surface area (Å²) in [7, 11) is -4.26. The summed E-state index contributed by atoms with van der Waals surface area (Å²) in [5, 5.41) is 23.7. The van der Waals surface area contributed by atoms with Crippen molar-refractivity contribution in [2.45, 2.75) is 57.3 Å². The number of carboxylic acids is 1. The average molecular weight is 652 g/mol. The van der Waals surface area contributed by atoms with Crippen molar-refractivity contribution >= 4 is 49.6 Å². The van der Waals surface area contributed by atoms with Crippen molar-refractivity contribution in [1.82, 2.24) is 4.70 Å². The number of aryl methyl sites for hydroxylation is 1. The van der Waals surface area contributed by atoms with Crippen LogP contribution in [0, 0.1) is 0 Å². The van der Waals surface area contributed by atoms with Crippen LogP contribution in [0.1, 0.15) is 61.0 Å². The first-order valence-corrected chi connectivity index (χ1v) is 17.0. The van der Waals surface area contributed by atoms with E-state index in [1.54, 1.807) is 12.1 Å². The highest BCUT2D eigenvalue weighted by Gasteiger charge is 2.27. The van der Waals surface area contributed by atoms with Crippen LogP contribution in [0.3, 0.4) is 0 Å². The molecule has 0 fully saturated rings. The molecule has 0 saturated heterocycles. The zero-order valence-electron chi connectivity index (χ0n) is 26.3. The number of carbonyl (C=O) groups is 1. The Morgan fingerprint density at radius 2 is 1.43 bits per heavy atom. The number of unbranched alkanes of at least 4 members (excludes halogenated alkanes) is 2. The molecule has 0 saturated carbocycles. The molecular formula is C37H37N3O6S. The lowest BCUT2D eigenvalue weighted by Crippen LogP contribution is -2.15. The molecule has 6 rings (SSSR count). The highest BCUT2D eigenvalue weighted by molar-refractivity contribution is 7.87. The van der Waals surface area contributed by atoms with Crippen LogP contribution in [0.25, 0.3) is 16.3 Å². The summed E-state index contributed by atoms with van der Waals surface area (Å²) in [6.07, 6.45) is 5.09. The molecule has 5 aromatic carbocycles. The lowest BCUT2D eigenvalue weighted by Gasteiger charge is -2.19. The Morgan fingerprint density at radius 3 is 2.04 bits per heavy atom. The first kappa shape index (κ1) is 33.2. The van der Waals surface area contributed by atoms with Crippen LogP contribution in [-0.2, 0) is 23.0 Å². The summed E-state index contributed by atoms with van der Waals surface area (Å²) in [4.78, 5) is 11.3. The van der Waals surface area contributed by atoms with E-state index in [1.165, 1.54) is 10.8 Å². The molecule has 0 atom stereocenters. The van der Waals surface area contributed by atoms with Crippen molar-refractivity contribution in [1.29, 1.82) is 0 Å². The van der Waals surface area contributed by atoms with Gasteiger partial charge in [-0.2, -0.15) is 8.42 Å². The Hall–Kier alpha value is -5.22. The third-order valence-corrected chi connectivity index (χ3v) is 9.34. The Bertz CT molecular complexity index is 2010. The zero-order chi connectivity index (χ0) is 33.6. The van der Waals surface area contributed by atoms with Crippen LogP contribution in [0.2, 0.25) is 0 Å². The van der Waals surface area contributed by atoms with E-state index in [2.05, 4.69) is 25.2 Å². The number of hydrogen-bond acceptors (Lipinski definition) is 6. The van der Waals surface area contributed by atoms with Gasteiger partial charge in [-0.15, -0.1) is 0 Å². The number of aromatic hydroxyl groups is 1. The maximum absolute atomic E-state index is 13.5. The molecule has 3 N–H and O–H groups in total. The van der Waals surface area contributed by atoms with Gasteiger partial charge in [-0.25, -0.2) is 9.49 Å². The molecule has 0 aromatic heterocycles. The van der Waals surface area contributed by atoms with E-state index < -0.39 is 21.8 Å². The molecule has 5 aromatic rings. The zero-order valence-corrected chi connectivity index (χ0v) is 27.1. The van der Waals surface area contributed by atoms with E-state index >= 15 is 0 Å². The molecule has 0 aliphatic carbocycles. The summed E-state index contributed by atoms with van der Waals surface area (Å²) in [5.74, 6) is -2.01. The third-order valence-electron chi connectivity index (χ3n) is 7.97. The van der Waals surface area contributed by atoms with Crippen molar-refractivity contribution in [2.75, 3.05) is 5.32 Å². The monoisotopic (exact) mass is 651 g/mol. The summed E-state index contributed by atoms with van der Waals surface area (Å²) in [5.41, 5.74) is 14.8. The lowest BCUT2D eigenvalue weighted by atomic mass is 9.94. The number of fused-ring (bicyclic) bond motifs is 3. The molecule has 242 valence electrons. The van der Waals surface area contributed by atoms with Crippen LogP contribution in [-0.4, -0.2) is 24.6 Å². The van der Waals surface area contributed by atoms with Gasteiger partial charge in [0, 0.05) is 23.6 Å². The second kappa shape index (κ2) is 14.5. The molecule has 10 heteroatoms. The standard InChI is InChI=1S/C25H28O6S.C12H9N3/c1-3-5-9-17-15-18-10-7-8-12-21(18)24(20(17)11-6-4-2)32(29,30)31-19-13-14-22(25(27)28)23(26)16-19;13-15-11-7-3-1-5-9(11)14-10-6-2-4-8-12(10)15/h7-8,10,12-16,26H,3-6,9,11H2,1-2H3,(H,27,28);1-8,14H. The van der Waals surface area contributed by atoms with Gasteiger partial charge in [0.15, 0.2) is 0 Å². The highest BCUT2D eigenvalue weighted by Crippen LogP contribution is 2.40. The van der Waals surface area contributed by atoms with Gasteiger partial charge in [-0.3, -0.25) is 0 Å². The fourth-order valence-electron chi connectivity index (χ4n) is 5.63. The average Bonchev–Trinajstić information content (AvgIpc) is 3.06. The topological polar surface area (TPSA) is 138 Å². The third kappa shape index (κ3) is 7.28. The Kier molecular flexibility index (Phi) is 10.2. The van der Waals surface area contributed by atoms with Crippen LogP contribution in [0.5, 0.6) is 11.5 Å². The molecule has 0 spiro atoms. The summed E-state index contributed by atoms with van der Waals surface area (Å²) in [6.45, 7) is 4.16. The second-order valence-corrected chi connectivity index (χ2v) is 12.7. The van der Waals surface area contributed by atoms with Crippen molar-refractivity contribution in [3.05, 3.63) is 119 Å². The summed E-state index contributed by atoms with van der Waals surface area (Å²) < 4.78 is 33.7. The maximum Gasteiger partial charge on any atom is 0.340 e. The van der Waals surface area contributed by atoms with Crippen LogP contribution in [0.4, 0.5) is 22.7 Å². The maximum atomic E-state index is 13.5. The smallest absolute Gasteiger partial charge is 0.340 e. The van der Waals surface area contributed by atoms with Crippen molar-refractivity contribution in [3.8, 4) is 11.5 Å². The van der Waals surface area contributed by atoms with Crippen LogP contribution < -0.4 is 14.2 Å². The summed E-state index contributed by atoms with van der Waals surface area (Å²) >= 11 is 0. The number of hydrogen-bond donors (Lipinski definition) is 3. The quantitative estimate of drug-likeness (QED) is 0.0991.